The van der Waals surface area contributed by atoms with E-state index < -0.39 is 10.0 Å². The quantitative estimate of drug-likeness (QED) is 0.705. The van der Waals surface area contributed by atoms with Gasteiger partial charge in [0.05, 0.1) is 6.54 Å². The van der Waals surface area contributed by atoms with Crippen molar-refractivity contribution in [2.75, 3.05) is 14.1 Å². The molecule has 2 heterocycles. The fraction of sp³-hybridized carbons (Fsp3) is 0.167. The molecule has 0 atom stereocenters. The molecular weight excluding hydrogens is 370 g/mol. The van der Waals surface area contributed by atoms with Crippen LogP contribution in [0.25, 0.3) is 5.69 Å². The number of hydrogen-bond donors (Lipinski definition) is 1. The van der Waals surface area contributed by atoms with Gasteiger partial charge in [-0.1, -0.05) is 6.07 Å². The van der Waals surface area contributed by atoms with Gasteiger partial charge in [-0.3, -0.25) is 4.79 Å². The molecule has 0 bridgehead atoms. The molecule has 8 heteroatoms. The Labute approximate surface area is 156 Å². The highest BCUT2D eigenvalue weighted by molar-refractivity contribution is 7.91. The van der Waals surface area contributed by atoms with Crippen LogP contribution in [-0.4, -0.2) is 37.3 Å². The first-order valence-corrected chi connectivity index (χ1v) is 10.2. The van der Waals surface area contributed by atoms with E-state index in [-0.39, 0.29) is 16.7 Å². The highest BCUT2D eigenvalue weighted by atomic mass is 32.2. The molecule has 0 aliphatic heterocycles. The second-order valence-electron chi connectivity index (χ2n) is 5.83. The standard InChI is InChI=1S/C18H19N3O3S2/c1-20(2)26(23,24)17-9-8-16(25-17)13-19-18(22)14-6-5-7-15(12-14)21-10-3-4-11-21/h3-12H,13H2,1-2H3,(H,19,22). The van der Waals surface area contributed by atoms with E-state index in [1.165, 1.54) is 18.4 Å². The molecule has 6 nitrogen and oxygen atoms in total. The first-order chi connectivity index (χ1) is 12.4. The number of thiophene rings is 1. The zero-order chi connectivity index (χ0) is 18.7. The summed E-state index contributed by atoms with van der Waals surface area (Å²) in [5.74, 6) is -0.204. The number of hydrogen-bond acceptors (Lipinski definition) is 4. The van der Waals surface area contributed by atoms with Crippen molar-refractivity contribution in [2.24, 2.45) is 0 Å². The molecule has 26 heavy (non-hydrogen) atoms. The van der Waals surface area contributed by atoms with Crippen molar-refractivity contribution in [1.29, 1.82) is 0 Å². The molecule has 0 aliphatic rings. The average Bonchev–Trinajstić information content (AvgIpc) is 3.31. The van der Waals surface area contributed by atoms with Crippen LogP contribution in [0.4, 0.5) is 0 Å². The van der Waals surface area contributed by atoms with Crippen LogP contribution in [0, 0.1) is 0 Å². The summed E-state index contributed by atoms with van der Waals surface area (Å²) in [6.45, 7) is 0.278. The van der Waals surface area contributed by atoms with Crippen LogP contribution in [0.2, 0.25) is 0 Å². The second-order valence-corrected chi connectivity index (χ2v) is 9.38. The van der Waals surface area contributed by atoms with E-state index in [0.717, 1.165) is 21.9 Å². The third-order valence-electron chi connectivity index (χ3n) is 3.81. The van der Waals surface area contributed by atoms with Gasteiger partial charge in [-0.2, -0.15) is 0 Å². The van der Waals surface area contributed by atoms with Crippen LogP contribution in [0.1, 0.15) is 15.2 Å². The third kappa shape index (κ3) is 3.87. The van der Waals surface area contributed by atoms with E-state index in [1.807, 2.05) is 47.3 Å². The van der Waals surface area contributed by atoms with Gasteiger partial charge in [-0.25, -0.2) is 12.7 Å². The summed E-state index contributed by atoms with van der Waals surface area (Å²) in [5.41, 5.74) is 1.45. The summed E-state index contributed by atoms with van der Waals surface area (Å²) in [5, 5.41) is 2.84. The Morgan fingerprint density at radius 2 is 1.85 bits per heavy atom. The number of rotatable bonds is 6. The lowest BCUT2D eigenvalue weighted by molar-refractivity contribution is 0.0951. The maximum atomic E-state index is 12.4. The normalized spacial score (nSPS) is 11.7. The monoisotopic (exact) mass is 389 g/mol. The van der Waals surface area contributed by atoms with Gasteiger partial charge in [-0.15, -0.1) is 11.3 Å². The predicted octanol–water partition coefficient (Wildman–Crippen LogP) is 2.72. The molecule has 0 radical (unpaired) electrons. The Kier molecular flexibility index (Phi) is 5.26. The number of nitrogens with one attached hydrogen (secondary N) is 1. The van der Waals surface area contributed by atoms with Gasteiger partial charge in [0.15, 0.2) is 0 Å². The van der Waals surface area contributed by atoms with E-state index in [4.69, 9.17) is 0 Å². The van der Waals surface area contributed by atoms with E-state index in [1.54, 1.807) is 18.2 Å². The van der Waals surface area contributed by atoms with Crippen LogP contribution in [0.3, 0.4) is 0 Å². The number of carbonyl (C=O) groups excluding carboxylic acids is 1. The van der Waals surface area contributed by atoms with Crippen molar-refractivity contribution < 1.29 is 13.2 Å². The molecule has 3 rings (SSSR count). The fourth-order valence-electron chi connectivity index (χ4n) is 2.36. The minimum absolute atomic E-state index is 0.204. The molecule has 0 fully saturated rings. The van der Waals surface area contributed by atoms with E-state index in [9.17, 15) is 13.2 Å². The minimum atomic E-state index is -3.44. The number of benzene rings is 1. The zero-order valence-corrected chi connectivity index (χ0v) is 16.0. The zero-order valence-electron chi connectivity index (χ0n) is 14.4. The molecule has 3 aromatic rings. The van der Waals surface area contributed by atoms with Gasteiger partial charge in [0.25, 0.3) is 15.9 Å². The van der Waals surface area contributed by atoms with Crippen molar-refractivity contribution in [3.8, 4) is 5.69 Å². The Morgan fingerprint density at radius 3 is 2.54 bits per heavy atom. The minimum Gasteiger partial charge on any atom is -0.347 e. The molecule has 1 N–H and O–H groups in total. The predicted molar refractivity (Wildman–Crippen MR) is 102 cm³/mol. The molecule has 0 aliphatic carbocycles. The van der Waals surface area contributed by atoms with E-state index in [0.29, 0.717) is 5.56 Å². The van der Waals surface area contributed by atoms with Crippen LogP contribution < -0.4 is 5.32 Å². The SMILES string of the molecule is CN(C)S(=O)(=O)c1ccc(CNC(=O)c2cccc(-n3cccc3)c2)s1. The van der Waals surface area contributed by atoms with Gasteiger partial charge >= 0.3 is 0 Å². The molecule has 1 amide bonds. The molecule has 0 saturated carbocycles. The fourth-order valence-corrected chi connectivity index (χ4v) is 4.82. The summed E-state index contributed by atoms with van der Waals surface area (Å²) < 4.78 is 27.6. The maximum Gasteiger partial charge on any atom is 0.252 e. The lowest BCUT2D eigenvalue weighted by Gasteiger charge is -2.08. The van der Waals surface area contributed by atoms with Gasteiger partial charge in [-0.05, 0) is 42.5 Å². The molecule has 0 spiro atoms. The van der Waals surface area contributed by atoms with Gasteiger partial charge < -0.3 is 9.88 Å². The summed E-state index contributed by atoms with van der Waals surface area (Å²) in [4.78, 5) is 13.2. The van der Waals surface area contributed by atoms with Crippen LogP contribution >= 0.6 is 11.3 Å². The summed E-state index contributed by atoms with van der Waals surface area (Å²) in [6.07, 6.45) is 3.82. The number of nitrogens with zero attached hydrogens (tertiary/aromatic N) is 2. The summed E-state index contributed by atoms with van der Waals surface area (Å²) in [7, 11) is -0.453. The Bertz CT molecular complexity index is 1010. The van der Waals surface area contributed by atoms with Gasteiger partial charge in [0, 0.05) is 42.6 Å². The van der Waals surface area contributed by atoms with Crippen molar-refractivity contribution in [1.82, 2.24) is 14.2 Å². The first kappa shape index (κ1) is 18.4. The lowest BCUT2D eigenvalue weighted by Crippen LogP contribution is -2.22. The first-order valence-electron chi connectivity index (χ1n) is 7.91. The molecule has 1 aromatic carbocycles. The molecule has 0 saturated heterocycles. The largest absolute Gasteiger partial charge is 0.347 e. The Balaban J connectivity index is 1.68. The molecular formula is C18H19N3O3S2. The van der Waals surface area contributed by atoms with Gasteiger partial charge in [0.1, 0.15) is 4.21 Å². The molecule has 0 unspecified atom stereocenters. The van der Waals surface area contributed by atoms with Crippen molar-refractivity contribution in [2.45, 2.75) is 10.8 Å². The highest BCUT2D eigenvalue weighted by Crippen LogP contribution is 2.23. The number of amides is 1. The average molecular weight is 390 g/mol. The van der Waals surface area contributed by atoms with Gasteiger partial charge in [0.2, 0.25) is 0 Å². The van der Waals surface area contributed by atoms with Crippen LogP contribution in [-0.2, 0) is 16.6 Å². The molecule has 2 aromatic heterocycles. The van der Waals surface area contributed by atoms with Crippen LogP contribution in [0.15, 0.2) is 65.1 Å². The highest BCUT2D eigenvalue weighted by Gasteiger charge is 2.19. The summed E-state index contributed by atoms with van der Waals surface area (Å²) >= 11 is 1.16. The maximum absolute atomic E-state index is 12.4. The smallest absolute Gasteiger partial charge is 0.252 e. The van der Waals surface area contributed by atoms with Crippen molar-refractivity contribution in [3.63, 3.8) is 0 Å². The number of carbonyl (C=O) groups is 1. The number of sulfonamides is 1. The van der Waals surface area contributed by atoms with E-state index >= 15 is 0 Å². The topological polar surface area (TPSA) is 71.4 Å². The number of aromatic nitrogens is 1. The van der Waals surface area contributed by atoms with Crippen LogP contribution in [0.5, 0.6) is 0 Å². The van der Waals surface area contributed by atoms with Crippen molar-refractivity contribution in [3.05, 3.63) is 71.4 Å². The molecule has 136 valence electrons. The lowest BCUT2D eigenvalue weighted by atomic mass is 10.2. The summed E-state index contributed by atoms with van der Waals surface area (Å²) in [6, 6.07) is 14.4. The Hall–Kier alpha value is -2.42. The van der Waals surface area contributed by atoms with E-state index in [2.05, 4.69) is 5.32 Å². The Morgan fingerprint density at radius 1 is 1.12 bits per heavy atom. The third-order valence-corrected chi connectivity index (χ3v) is 7.17. The van der Waals surface area contributed by atoms with Crippen molar-refractivity contribution >= 4 is 27.3 Å². The second kappa shape index (κ2) is 7.45.